The summed E-state index contributed by atoms with van der Waals surface area (Å²) < 4.78 is 12.4. The maximum atomic E-state index is 12.4. The van der Waals surface area contributed by atoms with E-state index in [9.17, 15) is 9.32 Å². The second-order valence-corrected chi connectivity index (χ2v) is 6.69. The molecule has 1 unspecified atom stereocenters. The lowest BCUT2D eigenvalue weighted by Crippen LogP contribution is -2.29. The Morgan fingerprint density at radius 3 is 2.12 bits per heavy atom. The molecule has 17 heavy (non-hydrogen) atoms. The molecule has 0 radical (unpaired) electrons. The van der Waals surface area contributed by atoms with Gasteiger partial charge < -0.3 is 5.11 Å². The fourth-order valence-corrected chi connectivity index (χ4v) is 3.45. The highest BCUT2D eigenvalue weighted by Gasteiger charge is 2.24. The smallest absolute Gasteiger partial charge is 0.0659 e. The monoisotopic (exact) mass is 254 g/mol. The summed E-state index contributed by atoms with van der Waals surface area (Å²) in [6.45, 7) is 7.90. The predicted octanol–water partition coefficient (Wildman–Crippen LogP) is 2.90. The Labute approximate surface area is 107 Å². The van der Waals surface area contributed by atoms with Gasteiger partial charge in [-0.2, -0.15) is 0 Å². The van der Waals surface area contributed by atoms with Crippen LogP contribution in [-0.4, -0.2) is 20.7 Å². The first-order valence-corrected chi connectivity index (χ1v) is 7.28. The zero-order chi connectivity index (χ0) is 13.0. The molecule has 0 saturated heterocycles. The van der Waals surface area contributed by atoms with Crippen molar-refractivity contribution in [3.8, 4) is 0 Å². The van der Waals surface area contributed by atoms with Crippen LogP contribution in [0.4, 0.5) is 0 Å². The van der Waals surface area contributed by atoms with Gasteiger partial charge in [-0.25, -0.2) is 0 Å². The molecule has 1 aromatic carbocycles. The summed E-state index contributed by atoms with van der Waals surface area (Å²) in [5.74, 6) is 0.434. The highest BCUT2D eigenvalue weighted by atomic mass is 32.2. The van der Waals surface area contributed by atoms with Crippen molar-refractivity contribution in [1.29, 1.82) is 0 Å². The lowest BCUT2D eigenvalue weighted by molar-refractivity contribution is 0.180. The lowest BCUT2D eigenvalue weighted by atomic mass is 10.1. The Hall–Kier alpha value is -0.670. The van der Waals surface area contributed by atoms with Gasteiger partial charge in [0.2, 0.25) is 0 Å². The van der Waals surface area contributed by atoms with E-state index < -0.39 is 16.9 Å². The number of hydrogen-bond acceptors (Lipinski definition) is 2. The SMILES string of the molecule is Cc1ccc(S(=O)[C@H](CC(C)C)[C@H](C)O)cc1. The summed E-state index contributed by atoms with van der Waals surface area (Å²) in [5.41, 5.74) is 1.16. The number of aryl methyl sites for hydroxylation is 1. The Morgan fingerprint density at radius 2 is 1.71 bits per heavy atom. The molecule has 0 spiro atoms. The minimum atomic E-state index is -1.13. The van der Waals surface area contributed by atoms with Crippen LogP contribution in [0, 0.1) is 12.8 Å². The Bertz CT molecular complexity index is 368. The van der Waals surface area contributed by atoms with Crippen LogP contribution in [0.3, 0.4) is 0 Å². The van der Waals surface area contributed by atoms with Crippen LogP contribution in [0.5, 0.6) is 0 Å². The van der Waals surface area contributed by atoms with Gasteiger partial charge in [-0.3, -0.25) is 4.21 Å². The molecule has 0 aromatic heterocycles. The first-order valence-electron chi connectivity index (χ1n) is 6.07. The van der Waals surface area contributed by atoms with E-state index in [1.807, 2.05) is 31.2 Å². The standard InChI is InChI=1S/C14H22O2S/c1-10(2)9-14(12(4)15)17(16)13-7-5-11(3)6-8-13/h5-8,10,12,14-15H,9H2,1-4H3/t12-,14+,17?/m0/s1. The molecule has 96 valence electrons. The molecule has 0 bridgehead atoms. The van der Waals surface area contributed by atoms with Crippen LogP contribution < -0.4 is 0 Å². The molecule has 0 aliphatic heterocycles. The van der Waals surface area contributed by atoms with E-state index in [1.54, 1.807) is 6.92 Å². The highest BCUT2D eigenvalue weighted by molar-refractivity contribution is 7.85. The van der Waals surface area contributed by atoms with Crippen molar-refractivity contribution in [2.45, 2.75) is 50.4 Å². The molecule has 0 fully saturated rings. The molecular formula is C14H22O2S. The third-order valence-electron chi connectivity index (χ3n) is 2.77. The average molecular weight is 254 g/mol. The predicted molar refractivity (Wildman–Crippen MR) is 72.5 cm³/mol. The summed E-state index contributed by atoms with van der Waals surface area (Å²) in [5, 5.41) is 9.57. The van der Waals surface area contributed by atoms with Gasteiger partial charge in [0.25, 0.3) is 0 Å². The van der Waals surface area contributed by atoms with Crippen molar-refractivity contribution in [1.82, 2.24) is 0 Å². The number of aliphatic hydroxyl groups excluding tert-OH is 1. The molecule has 3 atom stereocenters. The molecule has 0 aliphatic rings. The van der Waals surface area contributed by atoms with Crippen molar-refractivity contribution < 1.29 is 9.32 Å². The molecule has 0 amide bonds. The van der Waals surface area contributed by atoms with Crippen LogP contribution in [0.1, 0.15) is 32.8 Å². The summed E-state index contributed by atoms with van der Waals surface area (Å²) in [6, 6.07) is 7.70. The van der Waals surface area contributed by atoms with E-state index in [1.165, 1.54) is 0 Å². The number of benzene rings is 1. The van der Waals surface area contributed by atoms with Crippen molar-refractivity contribution in [3.63, 3.8) is 0 Å². The van der Waals surface area contributed by atoms with E-state index in [0.717, 1.165) is 16.9 Å². The minimum absolute atomic E-state index is 0.183. The van der Waals surface area contributed by atoms with E-state index in [0.29, 0.717) is 5.92 Å². The van der Waals surface area contributed by atoms with Gasteiger partial charge in [0.05, 0.1) is 22.2 Å². The summed E-state index contributed by atoms with van der Waals surface area (Å²) in [6.07, 6.45) is 0.234. The Morgan fingerprint density at radius 1 is 1.18 bits per heavy atom. The van der Waals surface area contributed by atoms with E-state index in [2.05, 4.69) is 13.8 Å². The average Bonchev–Trinajstić information content (AvgIpc) is 2.25. The molecule has 1 rings (SSSR count). The van der Waals surface area contributed by atoms with Crippen molar-refractivity contribution in [2.75, 3.05) is 0 Å². The summed E-state index contributed by atoms with van der Waals surface area (Å²) in [7, 11) is -1.13. The number of rotatable bonds is 5. The van der Waals surface area contributed by atoms with Gasteiger partial charge in [-0.1, -0.05) is 31.5 Å². The molecular weight excluding hydrogens is 232 g/mol. The second kappa shape index (κ2) is 6.31. The lowest BCUT2D eigenvalue weighted by Gasteiger charge is -2.21. The quantitative estimate of drug-likeness (QED) is 0.877. The van der Waals surface area contributed by atoms with Gasteiger partial charge in [0, 0.05) is 4.90 Å². The first-order chi connectivity index (χ1) is 7.91. The molecule has 0 heterocycles. The van der Waals surface area contributed by atoms with Crippen LogP contribution in [-0.2, 0) is 10.8 Å². The van der Waals surface area contributed by atoms with Crippen molar-refractivity contribution >= 4 is 10.8 Å². The first kappa shape index (κ1) is 14.4. The molecule has 1 aromatic rings. The van der Waals surface area contributed by atoms with Crippen LogP contribution in [0.25, 0.3) is 0 Å². The van der Waals surface area contributed by atoms with Crippen molar-refractivity contribution in [2.24, 2.45) is 5.92 Å². The fourth-order valence-electron chi connectivity index (χ4n) is 1.78. The molecule has 1 N–H and O–H groups in total. The van der Waals surface area contributed by atoms with Crippen LogP contribution in [0.2, 0.25) is 0 Å². The molecule has 0 saturated carbocycles. The third-order valence-corrected chi connectivity index (χ3v) is 4.64. The Kier molecular flexibility index (Phi) is 5.34. The van der Waals surface area contributed by atoms with Crippen LogP contribution in [0.15, 0.2) is 29.2 Å². The normalized spacial score (nSPS) is 16.8. The van der Waals surface area contributed by atoms with Gasteiger partial charge in [0.15, 0.2) is 0 Å². The molecule has 2 nitrogen and oxygen atoms in total. The third kappa shape index (κ3) is 4.25. The number of aliphatic hydroxyl groups is 1. The second-order valence-electron chi connectivity index (χ2n) is 5.02. The van der Waals surface area contributed by atoms with Crippen LogP contribution >= 0.6 is 0 Å². The zero-order valence-corrected chi connectivity index (χ0v) is 11.8. The van der Waals surface area contributed by atoms with Gasteiger partial charge >= 0.3 is 0 Å². The maximum absolute atomic E-state index is 12.4. The fraction of sp³-hybridized carbons (Fsp3) is 0.571. The Balaban J connectivity index is 2.88. The van der Waals surface area contributed by atoms with Crippen molar-refractivity contribution in [3.05, 3.63) is 29.8 Å². The van der Waals surface area contributed by atoms with Gasteiger partial charge in [-0.05, 0) is 38.3 Å². The van der Waals surface area contributed by atoms with E-state index in [4.69, 9.17) is 0 Å². The molecule has 3 heteroatoms. The van der Waals surface area contributed by atoms with E-state index >= 15 is 0 Å². The topological polar surface area (TPSA) is 37.3 Å². The minimum Gasteiger partial charge on any atom is -0.392 e. The van der Waals surface area contributed by atoms with E-state index in [-0.39, 0.29) is 5.25 Å². The number of hydrogen-bond donors (Lipinski definition) is 1. The van der Waals surface area contributed by atoms with Gasteiger partial charge in [0.1, 0.15) is 0 Å². The maximum Gasteiger partial charge on any atom is 0.0659 e. The largest absolute Gasteiger partial charge is 0.392 e. The summed E-state index contributed by atoms with van der Waals surface area (Å²) in [4.78, 5) is 0.808. The van der Waals surface area contributed by atoms with Gasteiger partial charge in [-0.15, -0.1) is 0 Å². The zero-order valence-electron chi connectivity index (χ0n) is 11.0. The summed E-state index contributed by atoms with van der Waals surface area (Å²) >= 11 is 0. The molecule has 0 aliphatic carbocycles. The highest BCUT2D eigenvalue weighted by Crippen LogP contribution is 2.20.